The van der Waals surface area contributed by atoms with E-state index < -0.39 is 0 Å². The Morgan fingerprint density at radius 2 is 1.92 bits per heavy atom. The smallest absolute Gasteiger partial charge is 0.261 e. The Morgan fingerprint density at radius 1 is 1.20 bits per heavy atom. The first-order valence-corrected chi connectivity index (χ1v) is 9.54. The van der Waals surface area contributed by atoms with Crippen LogP contribution < -0.4 is 10.2 Å². The molecule has 0 unspecified atom stereocenters. The zero-order valence-electron chi connectivity index (χ0n) is 14.9. The van der Waals surface area contributed by atoms with Crippen LogP contribution in [0.15, 0.2) is 24.5 Å². The fraction of sp³-hybridized carbons (Fsp3) is 0.500. The molecule has 1 aliphatic rings. The van der Waals surface area contributed by atoms with Crippen molar-refractivity contribution in [2.45, 2.75) is 20.3 Å². The second kappa shape index (κ2) is 8.40. The van der Waals surface area contributed by atoms with Gasteiger partial charge < -0.3 is 10.2 Å². The maximum absolute atomic E-state index is 12.1. The maximum Gasteiger partial charge on any atom is 0.261 e. The van der Waals surface area contributed by atoms with E-state index in [-0.39, 0.29) is 5.91 Å². The molecule has 0 aliphatic carbocycles. The van der Waals surface area contributed by atoms with E-state index in [0.717, 1.165) is 56.5 Å². The molecule has 1 fully saturated rings. The molecule has 0 aromatic carbocycles. The molecular weight excluding hydrogens is 334 g/mol. The summed E-state index contributed by atoms with van der Waals surface area (Å²) in [4.78, 5) is 27.4. The van der Waals surface area contributed by atoms with Gasteiger partial charge in [0.25, 0.3) is 5.91 Å². The highest BCUT2D eigenvalue weighted by Crippen LogP contribution is 2.20. The van der Waals surface area contributed by atoms with Crippen molar-refractivity contribution in [2.24, 2.45) is 0 Å². The van der Waals surface area contributed by atoms with Gasteiger partial charge >= 0.3 is 0 Å². The number of piperazine rings is 1. The van der Waals surface area contributed by atoms with Crippen LogP contribution >= 0.6 is 11.3 Å². The highest BCUT2D eigenvalue weighted by molar-refractivity contribution is 7.14. The fourth-order valence-corrected chi connectivity index (χ4v) is 3.85. The molecule has 0 atom stereocenters. The zero-order valence-corrected chi connectivity index (χ0v) is 15.7. The number of aryl methyl sites for hydroxylation is 2. The lowest BCUT2D eigenvalue weighted by atomic mass is 10.2. The summed E-state index contributed by atoms with van der Waals surface area (Å²) >= 11 is 1.57. The van der Waals surface area contributed by atoms with Crippen LogP contribution in [0.2, 0.25) is 0 Å². The van der Waals surface area contributed by atoms with E-state index in [4.69, 9.17) is 0 Å². The van der Waals surface area contributed by atoms with E-state index >= 15 is 0 Å². The third-order valence-corrected chi connectivity index (χ3v) is 5.69. The Hall–Kier alpha value is -1.99. The standard InChI is InChI=1S/C18H25N5OS/c1-14-13-16(25-15(14)2)17(24)19-7-4-8-22-9-11-23(12-10-22)18-20-5-3-6-21-18/h3,5-6,13H,4,7-12H2,1-2H3,(H,19,24). The minimum atomic E-state index is 0.0484. The molecule has 2 aromatic heterocycles. The average molecular weight is 359 g/mol. The largest absolute Gasteiger partial charge is 0.351 e. The van der Waals surface area contributed by atoms with Gasteiger partial charge in [0.1, 0.15) is 0 Å². The van der Waals surface area contributed by atoms with Crippen LogP contribution in [0.3, 0.4) is 0 Å². The number of amides is 1. The lowest BCUT2D eigenvalue weighted by Gasteiger charge is -2.34. The Kier molecular flexibility index (Phi) is 5.99. The molecule has 0 bridgehead atoms. The van der Waals surface area contributed by atoms with Gasteiger partial charge in [-0.05, 0) is 44.5 Å². The SMILES string of the molecule is Cc1cc(C(=O)NCCCN2CCN(c3ncccn3)CC2)sc1C. The number of nitrogens with one attached hydrogen (secondary N) is 1. The number of nitrogens with zero attached hydrogens (tertiary/aromatic N) is 4. The highest BCUT2D eigenvalue weighted by atomic mass is 32.1. The van der Waals surface area contributed by atoms with E-state index in [1.807, 2.05) is 19.1 Å². The molecule has 1 amide bonds. The van der Waals surface area contributed by atoms with Gasteiger partial charge in [0.15, 0.2) is 0 Å². The number of anilines is 1. The lowest BCUT2D eigenvalue weighted by molar-refractivity contribution is 0.0955. The Balaban J connectivity index is 1.34. The second-order valence-electron chi connectivity index (χ2n) is 6.34. The van der Waals surface area contributed by atoms with Crippen molar-refractivity contribution in [1.29, 1.82) is 0 Å². The van der Waals surface area contributed by atoms with E-state index in [9.17, 15) is 4.79 Å². The first-order chi connectivity index (χ1) is 12.1. The number of carbonyl (C=O) groups excluding carboxylic acids is 1. The van der Waals surface area contributed by atoms with Crippen molar-refractivity contribution in [1.82, 2.24) is 20.2 Å². The van der Waals surface area contributed by atoms with Crippen LogP contribution in [-0.4, -0.2) is 60.0 Å². The van der Waals surface area contributed by atoms with Crippen molar-refractivity contribution in [3.05, 3.63) is 39.8 Å². The summed E-state index contributed by atoms with van der Waals surface area (Å²) in [7, 11) is 0. The monoisotopic (exact) mass is 359 g/mol. The van der Waals surface area contributed by atoms with Crippen molar-refractivity contribution in [2.75, 3.05) is 44.2 Å². The molecule has 0 spiro atoms. The van der Waals surface area contributed by atoms with Gasteiger partial charge in [0.05, 0.1) is 4.88 Å². The minimum absolute atomic E-state index is 0.0484. The molecule has 1 saturated heterocycles. The number of rotatable bonds is 6. The van der Waals surface area contributed by atoms with Crippen LogP contribution in [0.5, 0.6) is 0 Å². The molecular formula is C18H25N5OS. The van der Waals surface area contributed by atoms with Gasteiger partial charge in [-0.1, -0.05) is 0 Å². The summed E-state index contributed by atoms with van der Waals surface area (Å²) in [6.07, 6.45) is 4.54. The van der Waals surface area contributed by atoms with Crippen LogP contribution in [0.4, 0.5) is 5.95 Å². The Labute approximate surface area is 152 Å². The van der Waals surface area contributed by atoms with Crippen molar-refractivity contribution >= 4 is 23.2 Å². The first-order valence-electron chi connectivity index (χ1n) is 8.73. The molecule has 134 valence electrons. The van der Waals surface area contributed by atoms with Gasteiger partial charge in [0, 0.05) is 50.0 Å². The summed E-state index contributed by atoms with van der Waals surface area (Å²) in [6, 6.07) is 3.81. The van der Waals surface area contributed by atoms with Gasteiger partial charge in [-0.3, -0.25) is 9.69 Å². The zero-order chi connectivity index (χ0) is 17.6. The van der Waals surface area contributed by atoms with Crippen LogP contribution in [0, 0.1) is 13.8 Å². The van der Waals surface area contributed by atoms with E-state index in [1.54, 1.807) is 23.7 Å². The normalized spacial score (nSPS) is 15.4. The lowest BCUT2D eigenvalue weighted by Crippen LogP contribution is -2.47. The molecule has 3 heterocycles. The van der Waals surface area contributed by atoms with Crippen molar-refractivity contribution in [3.8, 4) is 0 Å². The summed E-state index contributed by atoms with van der Waals surface area (Å²) < 4.78 is 0. The molecule has 7 heteroatoms. The number of hydrogen-bond acceptors (Lipinski definition) is 6. The second-order valence-corrected chi connectivity index (χ2v) is 7.59. The molecule has 25 heavy (non-hydrogen) atoms. The molecule has 1 N–H and O–H groups in total. The summed E-state index contributed by atoms with van der Waals surface area (Å²) in [5, 5.41) is 3.03. The quantitative estimate of drug-likeness (QED) is 0.801. The molecule has 3 rings (SSSR count). The van der Waals surface area contributed by atoms with Gasteiger partial charge in [-0.15, -0.1) is 11.3 Å². The van der Waals surface area contributed by atoms with Gasteiger partial charge in [-0.2, -0.15) is 0 Å². The van der Waals surface area contributed by atoms with Crippen LogP contribution in [0.1, 0.15) is 26.5 Å². The topological polar surface area (TPSA) is 61.4 Å². The molecule has 1 aliphatic heterocycles. The Morgan fingerprint density at radius 3 is 2.56 bits per heavy atom. The molecule has 0 saturated carbocycles. The van der Waals surface area contributed by atoms with Crippen LogP contribution in [0.25, 0.3) is 0 Å². The number of thiophene rings is 1. The number of aromatic nitrogens is 2. The summed E-state index contributed by atoms with van der Waals surface area (Å²) in [6.45, 7) is 9.74. The third kappa shape index (κ3) is 4.76. The molecule has 2 aromatic rings. The number of carbonyl (C=O) groups is 1. The van der Waals surface area contributed by atoms with Gasteiger partial charge in [0.2, 0.25) is 5.95 Å². The predicted molar refractivity (Wildman–Crippen MR) is 101 cm³/mol. The molecule has 6 nitrogen and oxygen atoms in total. The van der Waals surface area contributed by atoms with Crippen molar-refractivity contribution in [3.63, 3.8) is 0 Å². The predicted octanol–water partition coefficient (Wildman–Crippen LogP) is 2.10. The maximum atomic E-state index is 12.1. The van der Waals surface area contributed by atoms with Crippen molar-refractivity contribution < 1.29 is 4.79 Å². The fourth-order valence-electron chi connectivity index (χ4n) is 2.90. The Bertz CT molecular complexity index is 675. The average Bonchev–Trinajstić information content (AvgIpc) is 2.99. The summed E-state index contributed by atoms with van der Waals surface area (Å²) in [5.41, 5.74) is 1.19. The van der Waals surface area contributed by atoms with E-state index in [1.165, 1.54) is 10.4 Å². The number of hydrogen-bond donors (Lipinski definition) is 1. The highest BCUT2D eigenvalue weighted by Gasteiger charge is 2.18. The first kappa shape index (κ1) is 17.8. The summed E-state index contributed by atoms with van der Waals surface area (Å²) in [5.74, 6) is 0.864. The molecule has 0 radical (unpaired) electrons. The minimum Gasteiger partial charge on any atom is -0.351 e. The van der Waals surface area contributed by atoms with Gasteiger partial charge in [-0.25, -0.2) is 9.97 Å². The van der Waals surface area contributed by atoms with Crippen LogP contribution in [-0.2, 0) is 0 Å². The third-order valence-electron chi connectivity index (χ3n) is 4.53. The van der Waals surface area contributed by atoms with E-state index in [2.05, 4.69) is 32.0 Å². The van der Waals surface area contributed by atoms with E-state index in [0.29, 0.717) is 0 Å².